The molecule has 3 aromatic rings. The van der Waals surface area contributed by atoms with E-state index in [2.05, 4.69) is 20.9 Å². The zero-order valence-electron chi connectivity index (χ0n) is 19.5. The predicted molar refractivity (Wildman–Crippen MR) is 123 cm³/mol. The number of amides is 3. The third-order valence-corrected chi connectivity index (χ3v) is 4.98. The van der Waals surface area contributed by atoms with Gasteiger partial charge in [0.2, 0.25) is 0 Å². The highest BCUT2D eigenvalue weighted by Crippen LogP contribution is 2.32. The molecule has 0 aliphatic heterocycles. The number of alkyl halides is 3. The van der Waals surface area contributed by atoms with Crippen LogP contribution in [0.3, 0.4) is 0 Å². The quantitative estimate of drug-likeness (QED) is 0.423. The fourth-order valence-corrected chi connectivity index (χ4v) is 3.13. The monoisotopic (exact) mass is 504 g/mol. The number of rotatable bonds is 7. The summed E-state index contributed by atoms with van der Waals surface area (Å²) in [5.74, 6) is -1.69. The van der Waals surface area contributed by atoms with Crippen LogP contribution < -0.4 is 20.7 Å². The van der Waals surface area contributed by atoms with Crippen LogP contribution >= 0.6 is 0 Å². The zero-order valence-corrected chi connectivity index (χ0v) is 19.5. The number of aromatic nitrogens is 1. The third-order valence-electron chi connectivity index (χ3n) is 4.98. The number of anilines is 1. The van der Waals surface area contributed by atoms with Gasteiger partial charge in [-0.25, -0.2) is 4.98 Å². The Bertz CT molecular complexity index is 1240. The maximum absolute atomic E-state index is 12.7. The van der Waals surface area contributed by atoms with Crippen LogP contribution in [0.4, 0.5) is 18.9 Å². The van der Waals surface area contributed by atoms with Gasteiger partial charge in [0.05, 0.1) is 30.0 Å². The molecule has 0 radical (unpaired) electrons. The standard InChI is InChI=1S/C24H23F3N4O5/c1-23(2,12-29-20(32)14-4-6-15(7-5-14)24(25,26)27)31-22(34)21(33)30-16-8-9-17(18(10-16)35-3)19-11-28-13-36-19/h4-11,13H,12H2,1-3H3,(H,29,32)(H,30,33)(H,31,34). The molecule has 1 heterocycles. The van der Waals surface area contributed by atoms with Crippen molar-refractivity contribution in [2.45, 2.75) is 25.6 Å². The molecule has 12 heteroatoms. The van der Waals surface area contributed by atoms with E-state index in [-0.39, 0.29) is 12.1 Å². The molecule has 1 aromatic heterocycles. The van der Waals surface area contributed by atoms with E-state index >= 15 is 0 Å². The first-order chi connectivity index (χ1) is 16.9. The number of carbonyl (C=O) groups excluding carboxylic acids is 3. The first-order valence-electron chi connectivity index (χ1n) is 10.6. The number of oxazole rings is 1. The molecule has 190 valence electrons. The van der Waals surface area contributed by atoms with Crippen LogP contribution in [0, 0.1) is 0 Å². The number of benzene rings is 2. The summed E-state index contributed by atoms with van der Waals surface area (Å²) in [5.41, 5.74) is -1.01. The van der Waals surface area contributed by atoms with E-state index in [9.17, 15) is 27.6 Å². The molecule has 36 heavy (non-hydrogen) atoms. The average Bonchev–Trinajstić information content (AvgIpc) is 3.36. The normalized spacial score (nSPS) is 11.5. The first kappa shape index (κ1) is 26.3. The molecule has 0 unspecified atom stereocenters. The van der Waals surface area contributed by atoms with Crippen molar-refractivity contribution in [3.05, 3.63) is 66.2 Å². The van der Waals surface area contributed by atoms with Gasteiger partial charge in [0.25, 0.3) is 5.91 Å². The first-order valence-corrected chi connectivity index (χ1v) is 10.6. The lowest BCUT2D eigenvalue weighted by atomic mass is 10.0. The number of carbonyl (C=O) groups is 3. The topological polar surface area (TPSA) is 123 Å². The summed E-state index contributed by atoms with van der Waals surface area (Å²) in [4.78, 5) is 40.9. The molecule has 0 fully saturated rings. The number of nitrogens with one attached hydrogen (secondary N) is 3. The van der Waals surface area contributed by atoms with Crippen LogP contribution in [0.15, 0.2) is 59.5 Å². The van der Waals surface area contributed by atoms with E-state index in [0.29, 0.717) is 22.8 Å². The molecule has 3 amide bonds. The van der Waals surface area contributed by atoms with Gasteiger partial charge < -0.3 is 25.1 Å². The minimum absolute atomic E-state index is 0.0191. The van der Waals surface area contributed by atoms with Gasteiger partial charge in [-0.3, -0.25) is 14.4 Å². The number of methoxy groups -OCH3 is 1. The van der Waals surface area contributed by atoms with E-state index < -0.39 is 35.0 Å². The van der Waals surface area contributed by atoms with Crippen molar-refractivity contribution in [3.8, 4) is 17.1 Å². The van der Waals surface area contributed by atoms with Gasteiger partial charge in [-0.15, -0.1) is 0 Å². The summed E-state index contributed by atoms with van der Waals surface area (Å²) < 4.78 is 48.6. The number of hydrogen-bond acceptors (Lipinski definition) is 6. The van der Waals surface area contributed by atoms with Crippen LogP contribution in [0.1, 0.15) is 29.8 Å². The lowest BCUT2D eigenvalue weighted by molar-refractivity contribution is -0.137. The SMILES string of the molecule is COc1cc(NC(=O)C(=O)NC(C)(C)CNC(=O)c2ccc(C(F)(F)F)cc2)ccc1-c1cnco1. The van der Waals surface area contributed by atoms with Gasteiger partial charge in [-0.05, 0) is 50.2 Å². The Morgan fingerprint density at radius 3 is 2.31 bits per heavy atom. The van der Waals surface area contributed by atoms with Crippen LogP contribution in [0.25, 0.3) is 11.3 Å². The second-order valence-electron chi connectivity index (χ2n) is 8.33. The molecule has 0 spiro atoms. The summed E-state index contributed by atoms with van der Waals surface area (Å²) >= 11 is 0. The molecule has 0 bridgehead atoms. The summed E-state index contributed by atoms with van der Waals surface area (Å²) in [6, 6.07) is 8.42. The van der Waals surface area contributed by atoms with E-state index in [1.807, 2.05) is 0 Å². The Kier molecular flexibility index (Phi) is 7.66. The molecule has 3 rings (SSSR count). The maximum Gasteiger partial charge on any atom is 0.416 e. The van der Waals surface area contributed by atoms with E-state index in [4.69, 9.17) is 9.15 Å². The van der Waals surface area contributed by atoms with Crippen molar-refractivity contribution in [2.75, 3.05) is 19.0 Å². The summed E-state index contributed by atoms with van der Waals surface area (Å²) in [7, 11) is 1.44. The highest BCUT2D eigenvalue weighted by Gasteiger charge is 2.30. The Morgan fingerprint density at radius 1 is 1.03 bits per heavy atom. The number of hydrogen-bond donors (Lipinski definition) is 3. The van der Waals surface area contributed by atoms with Crippen LogP contribution in [-0.2, 0) is 15.8 Å². The molecule has 0 saturated carbocycles. The smallest absolute Gasteiger partial charge is 0.416 e. The Hall–Kier alpha value is -4.35. The minimum Gasteiger partial charge on any atom is -0.496 e. The van der Waals surface area contributed by atoms with E-state index in [0.717, 1.165) is 24.3 Å². The predicted octanol–water partition coefficient (Wildman–Crippen LogP) is 3.63. The number of halogens is 3. The molecule has 0 atom stereocenters. The second kappa shape index (κ2) is 10.5. The zero-order chi connectivity index (χ0) is 26.5. The molecule has 0 aliphatic rings. The largest absolute Gasteiger partial charge is 0.496 e. The highest BCUT2D eigenvalue weighted by molar-refractivity contribution is 6.39. The van der Waals surface area contributed by atoms with Crippen LogP contribution in [-0.4, -0.2) is 41.9 Å². The van der Waals surface area contributed by atoms with Crippen molar-refractivity contribution >= 4 is 23.4 Å². The molecule has 9 nitrogen and oxygen atoms in total. The maximum atomic E-state index is 12.7. The van der Waals surface area contributed by atoms with Gasteiger partial charge in [-0.2, -0.15) is 13.2 Å². The third kappa shape index (κ3) is 6.62. The molecule has 2 aromatic carbocycles. The second-order valence-corrected chi connectivity index (χ2v) is 8.33. The fourth-order valence-electron chi connectivity index (χ4n) is 3.13. The van der Waals surface area contributed by atoms with Crippen molar-refractivity contribution in [2.24, 2.45) is 0 Å². The molecule has 0 saturated heterocycles. The fraction of sp³-hybridized carbons (Fsp3) is 0.250. The van der Waals surface area contributed by atoms with Gasteiger partial charge in [-0.1, -0.05) is 0 Å². The van der Waals surface area contributed by atoms with Gasteiger partial charge in [0.15, 0.2) is 12.2 Å². The highest BCUT2D eigenvalue weighted by atomic mass is 19.4. The Morgan fingerprint density at radius 2 is 1.72 bits per heavy atom. The van der Waals surface area contributed by atoms with Crippen molar-refractivity contribution in [1.29, 1.82) is 0 Å². The number of nitrogens with zero attached hydrogens (tertiary/aromatic N) is 1. The van der Waals surface area contributed by atoms with Gasteiger partial charge in [0, 0.05) is 23.9 Å². The summed E-state index contributed by atoms with van der Waals surface area (Å²) in [5, 5.41) is 7.50. The molecular weight excluding hydrogens is 481 g/mol. The Labute approximate surface area is 204 Å². The molecule has 3 N–H and O–H groups in total. The van der Waals surface area contributed by atoms with Crippen molar-refractivity contribution < 1.29 is 36.7 Å². The molecule has 0 aliphatic carbocycles. The average molecular weight is 504 g/mol. The lowest BCUT2D eigenvalue weighted by Gasteiger charge is -2.26. The lowest BCUT2D eigenvalue weighted by Crippen LogP contribution is -2.54. The number of ether oxygens (including phenoxy) is 1. The van der Waals surface area contributed by atoms with E-state index in [1.165, 1.54) is 25.8 Å². The van der Waals surface area contributed by atoms with Crippen LogP contribution in [0.5, 0.6) is 5.75 Å². The Balaban J connectivity index is 1.56. The van der Waals surface area contributed by atoms with Crippen molar-refractivity contribution in [3.63, 3.8) is 0 Å². The molecular formula is C24H23F3N4O5. The van der Waals surface area contributed by atoms with Crippen LogP contribution in [0.2, 0.25) is 0 Å². The minimum atomic E-state index is -4.51. The van der Waals surface area contributed by atoms with Gasteiger partial charge >= 0.3 is 18.0 Å². The van der Waals surface area contributed by atoms with Gasteiger partial charge in [0.1, 0.15) is 5.75 Å². The summed E-state index contributed by atoms with van der Waals surface area (Å²) in [6.45, 7) is 3.05. The summed E-state index contributed by atoms with van der Waals surface area (Å²) in [6.07, 6.45) is -1.74. The van der Waals surface area contributed by atoms with Crippen molar-refractivity contribution in [1.82, 2.24) is 15.6 Å². The van der Waals surface area contributed by atoms with E-state index in [1.54, 1.807) is 26.0 Å².